The van der Waals surface area contributed by atoms with Crippen molar-refractivity contribution in [1.29, 1.82) is 0 Å². The van der Waals surface area contributed by atoms with Gasteiger partial charge in [0.25, 0.3) is 0 Å². The fraction of sp³-hybridized carbons (Fsp3) is 0.571. The summed E-state index contributed by atoms with van der Waals surface area (Å²) >= 11 is 0. The number of halogens is 2. The van der Waals surface area contributed by atoms with Crippen LogP contribution >= 0.6 is 0 Å². The SMILES string of the molecule is Cc1cc(F)c(S(=O)(=O)N2CCCC(C(C)O)C2)cc1F. The molecule has 0 bridgehead atoms. The van der Waals surface area contributed by atoms with Crippen molar-refractivity contribution >= 4 is 10.0 Å². The largest absolute Gasteiger partial charge is 0.393 e. The third-order valence-corrected chi connectivity index (χ3v) is 5.81. The van der Waals surface area contributed by atoms with Crippen LogP contribution in [0.3, 0.4) is 0 Å². The Labute approximate surface area is 123 Å². The van der Waals surface area contributed by atoms with Gasteiger partial charge in [0, 0.05) is 13.1 Å². The molecule has 0 aliphatic carbocycles. The molecule has 1 fully saturated rings. The molecule has 1 aliphatic rings. The first kappa shape index (κ1) is 16.3. The van der Waals surface area contributed by atoms with E-state index in [2.05, 4.69) is 0 Å². The molecule has 21 heavy (non-hydrogen) atoms. The number of aliphatic hydroxyl groups is 1. The van der Waals surface area contributed by atoms with E-state index in [1.54, 1.807) is 6.92 Å². The molecular formula is C14H19F2NO3S. The van der Waals surface area contributed by atoms with Crippen molar-refractivity contribution in [1.82, 2.24) is 4.31 Å². The number of nitrogens with zero attached hydrogens (tertiary/aromatic N) is 1. The van der Waals surface area contributed by atoms with Crippen LogP contribution in [0.15, 0.2) is 17.0 Å². The first-order valence-electron chi connectivity index (χ1n) is 6.87. The Morgan fingerprint density at radius 1 is 1.33 bits per heavy atom. The lowest BCUT2D eigenvalue weighted by Crippen LogP contribution is -2.43. The summed E-state index contributed by atoms with van der Waals surface area (Å²) in [5.74, 6) is -1.89. The van der Waals surface area contributed by atoms with Crippen LogP contribution in [0.25, 0.3) is 0 Å². The molecule has 0 radical (unpaired) electrons. The maximum absolute atomic E-state index is 13.9. The van der Waals surface area contributed by atoms with Gasteiger partial charge in [-0.2, -0.15) is 4.31 Å². The molecule has 0 spiro atoms. The van der Waals surface area contributed by atoms with Gasteiger partial charge in [0.1, 0.15) is 16.5 Å². The average Bonchev–Trinajstić information content (AvgIpc) is 2.42. The molecule has 118 valence electrons. The lowest BCUT2D eigenvalue weighted by Gasteiger charge is -2.33. The van der Waals surface area contributed by atoms with Crippen LogP contribution < -0.4 is 0 Å². The third-order valence-electron chi connectivity index (χ3n) is 3.93. The fourth-order valence-electron chi connectivity index (χ4n) is 2.55. The number of hydrogen-bond donors (Lipinski definition) is 1. The summed E-state index contributed by atoms with van der Waals surface area (Å²) in [5, 5.41) is 9.61. The van der Waals surface area contributed by atoms with Gasteiger partial charge < -0.3 is 5.11 Å². The minimum Gasteiger partial charge on any atom is -0.393 e. The molecule has 1 heterocycles. The number of benzene rings is 1. The van der Waals surface area contributed by atoms with Crippen molar-refractivity contribution in [3.8, 4) is 0 Å². The highest BCUT2D eigenvalue weighted by Gasteiger charge is 2.34. The standard InChI is InChI=1S/C14H19F2NO3S/c1-9-6-13(16)14(7-12(9)15)21(19,20)17-5-3-4-11(8-17)10(2)18/h6-7,10-11,18H,3-5,8H2,1-2H3. The highest BCUT2D eigenvalue weighted by atomic mass is 32.2. The lowest BCUT2D eigenvalue weighted by molar-refractivity contribution is 0.0884. The van der Waals surface area contributed by atoms with Crippen LogP contribution in [0.1, 0.15) is 25.3 Å². The van der Waals surface area contributed by atoms with E-state index in [1.807, 2.05) is 0 Å². The van der Waals surface area contributed by atoms with Gasteiger partial charge in [0.05, 0.1) is 6.10 Å². The monoisotopic (exact) mass is 319 g/mol. The second-order valence-corrected chi connectivity index (χ2v) is 7.44. The molecular weight excluding hydrogens is 300 g/mol. The number of aliphatic hydroxyl groups excluding tert-OH is 1. The molecule has 1 aromatic carbocycles. The minimum absolute atomic E-state index is 0.0620. The van der Waals surface area contributed by atoms with Crippen molar-refractivity contribution < 1.29 is 22.3 Å². The summed E-state index contributed by atoms with van der Waals surface area (Å²) in [6.45, 7) is 3.35. The first-order chi connectivity index (χ1) is 9.73. The molecule has 2 atom stereocenters. The summed E-state index contributed by atoms with van der Waals surface area (Å²) in [6, 6.07) is 1.62. The normalized spacial score (nSPS) is 22.2. The van der Waals surface area contributed by atoms with E-state index in [9.17, 15) is 22.3 Å². The molecule has 2 rings (SSSR count). The van der Waals surface area contributed by atoms with Gasteiger partial charge in [0.2, 0.25) is 10.0 Å². The van der Waals surface area contributed by atoms with E-state index < -0.39 is 32.7 Å². The predicted molar refractivity (Wildman–Crippen MR) is 74.3 cm³/mol. The Morgan fingerprint density at radius 2 is 2.00 bits per heavy atom. The van der Waals surface area contributed by atoms with Gasteiger partial charge >= 0.3 is 0 Å². The molecule has 4 nitrogen and oxygen atoms in total. The van der Waals surface area contributed by atoms with E-state index in [0.717, 1.165) is 16.4 Å². The predicted octanol–water partition coefficient (Wildman–Crippen LogP) is 2.05. The molecule has 7 heteroatoms. The molecule has 1 aromatic rings. The maximum atomic E-state index is 13.9. The average molecular weight is 319 g/mol. The zero-order valence-corrected chi connectivity index (χ0v) is 12.8. The van der Waals surface area contributed by atoms with Gasteiger partial charge in [0.15, 0.2) is 0 Å². The van der Waals surface area contributed by atoms with Crippen molar-refractivity contribution in [2.24, 2.45) is 5.92 Å². The molecule has 0 aromatic heterocycles. The number of rotatable bonds is 3. The van der Waals surface area contributed by atoms with Crippen LogP contribution in [0.2, 0.25) is 0 Å². The zero-order valence-electron chi connectivity index (χ0n) is 12.0. The first-order valence-corrected chi connectivity index (χ1v) is 8.31. The Morgan fingerprint density at radius 3 is 2.62 bits per heavy atom. The summed E-state index contributed by atoms with van der Waals surface area (Å²) in [7, 11) is -4.09. The van der Waals surface area contributed by atoms with Crippen LogP contribution in [0.4, 0.5) is 8.78 Å². The number of sulfonamides is 1. The topological polar surface area (TPSA) is 57.6 Å². The molecule has 0 amide bonds. The quantitative estimate of drug-likeness (QED) is 0.928. The van der Waals surface area contributed by atoms with E-state index >= 15 is 0 Å². The molecule has 1 N–H and O–H groups in total. The summed E-state index contributed by atoms with van der Waals surface area (Å²) in [5.41, 5.74) is 0.0620. The van der Waals surface area contributed by atoms with Crippen molar-refractivity contribution in [2.45, 2.75) is 37.7 Å². The second kappa shape index (κ2) is 5.98. The minimum atomic E-state index is -4.09. The highest BCUT2D eigenvalue weighted by molar-refractivity contribution is 7.89. The van der Waals surface area contributed by atoms with E-state index in [-0.39, 0.29) is 24.6 Å². The Kier molecular flexibility index (Phi) is 4.65. The summed E-state index contributed by atoms with van der Waals surface area (Å²) in [4.78, 5) is -0.642. The molecule has 0 saturated carbocycles. The lowest BCUT2D eigenvalue weighted by atomic mass is 9.95. The second-order valence-electron chi connectivity index (χ2n) is 5.54. The van der Waals surface area contributed by atoms with E-state index in [4.69, 9.17) is 0 Å². The molecule has 2 unspecified atom stereocenters. The van der Waals surface area contributed by atoms with Gasteiger partial charge in [-0.3, -0.25) is 0 Å². The van der Waals surface area contributed by atoms with Crippen LogP contribution in [-0.2, 0) is 10.0 Å². The highest BCUT2D eigenvalue weighted by Crippen LogP contribution is 2.28. The zero-order chi connectivity index (χ0) is 15.8. The number of hydrogen-bond acceptors (Lipinski definition) is 3. The maximum Gasteiger partial charge on any atom is 0.246 e. The van der Waals surface area contributed by atoms with Gasteiger partial charge in [-0.05, 0) is 50.3 Å². The number of piperidine rings is 1. The van der Waals surface area contributed by atoms with Crippen LogP contribution in [0, 0.1) is 24.5 Å². The molecule has 1 aliphatic heterocycles. The molecule has 1 saturated heterocycles. The van der Waals surface area contributed by atoms with Gasteiger partial charge in [-0.15, -0.1) is 0 Å². The summed E-state index contributed by atoms with van der Waals surface area (Å²) < 4.78 is 53.6. The van der Waals surface area contributed by atoms with Gasteiger partial charge in [-0.1, -0.05) is 0 Å². The van der Waals surface area contributed by atoms with Crippen molar-refractivity contribution in [2.75, 3.05) is 13.1 Å². The Bertz CT molecular complexity index is 631. The Balaban J connectivity index is 2.36. The van der Waals surface area contributed by atoms with Crippen molar-refractivity contribution in [3.05, 3.63) is 29.3 Å². The number of aryl methyl sites for hydroxylation is 1. The fourth-order valence-corrected chi connectivity index (χ4v) is 4.14. The summed E-state index contributed by atoms with van der Waals surface area (Å²) in [6.07, 6.45) is 0.668. The Hall–Kier alpha value is -1.05. The third kappa shape index (κ3) is 3.25. The van der Waals surface area contributed by atoms with Crippen LogP contribution in [0.5, 0.6) is 0 Å². The van der Waals surface area contributed by atoms with E-state index in [0.29, 0.717) is 12.8 Å². The smallest absolute Gasteiger partial charge is 0.246 e. The van der Waals surface area contributed by atoms with Crippen molar-refractivity contribution in [3.63, 3.8) is 0 Å². The van der Waals surface area contributed by atoms with Crippen LogP contribution in [-0.4, -0.2) is 37.0 Å². The van der Waals surface area contributed by atoms with Gasteiger partial charge in [-0.25, -0.2) is 17.2 Å². The van der Waals surface area contributed by atoms with E-state index in [1.165, 1.54) is 6.92 Å².